The Bertz CT molecular complexity index is 970. The Balaban J connectivity index is 1.46. The molecule has 2 amide bonds. The Morgan fingerprint density at radius 3 is 2.53 bits per heavy atom. The Morgan fingerprint density at radius 2 is 1.87 bits per heavy atom. The first-order chi connectivity index (χ1) is 14.5. The maximum atomic E-state index is 13.7. The van der Waals surface area contributed by atoms with E-state index in [2.05, 4.69) is 20.4 Å². The van der Waals surface area contributed by atoms with Crippen LogP contribution in [-0.2, 0) is 13.2 Å². The summed E-state index contributed by atoms with van der Waals surface area (Å²) in [6.07, 6.45) is 3.41. The Hall–Kier alpha value is -3.75. The number of hydrogen-bond acceptors (Lipinski definition) is 4. The minimum absolute atomic E-state index is 0.103. The fourth-order valence-corrected chi connectivity index (χ4v) is 2.48. The van der Waals surface area contributed by atoms with Crippen LogP contribution in [0.3, 0.4) is 0 Å². The standard InChI is InChI=1S/C21H18F3N3O3/c22-18-10-16(5-8-19(18)30-20(23)24)27-21(28)26-12-14-3-6-17(7-4-14)29-13-15-2-1-9-25-11-15/h1-11,20H,12-13H2,(H2,26,27,28). The maximum Gasteiger partial charge on any atom is 0.387 e. The van der Waals surface area contributed by atoms with Gasteiger partial charge in [-0.05, 0) is 35.9 Å². The van der Waals surface area contributed by atoms with Gasteiger partial charge in [0.1, 0.15) is 12.4 Å². The summed E-state index contributed by atoms with van der Waals surface area (Å²) in [4.78, 5) is 16.0. The molecular formula is C21H18F3N3O3. The van der Waals surface area contributed by atoms with E-state index in [9.17, 15) is 18.0 Å². The van der Waals surface area contributed by atoms with E-state index in [1.165, 1.54) is 6.07 Å². The average Bonchev–Trinajstić information content (AvgIpc) is 2.74. The number of rotatable bonds is 8. The molecule has 1 heterocycles. The van der Waals surface area contributed by atoms with Gasteiger partial charge >= 0.3 is 12.6 Å². The van der Waals surface area contributed by atoms with Crippen molar-refractivity contribution < 1.29 is 27.4 Å². The van der Waals surface area contributed by atoms with Gasteiger partial charge in [-0.15, -0.1) is 0 Å². The van der Waals surface area contributed by atoms with Crippen molar-refractivity contribution in [3.8, 4) is 11.5 Å². The number of alkyl halides is 2. The molecule has 3 aromatic rings. The van der Waals surface area contributed by atoms with Crippen LogP contribution in [0.4, 0.5) is 23.7 Å². The topological polar surface area (TPSA) is 72.5 Å². The first-order valence-corrected chi connectivity index (χ1v) is 8.89. The molecular weight excluding hydrogens is 399 g/mol. The highest BCUT2D eigenvalue weighted by molar-refractivity contribution is 5.89. The van der Waals surface area contributed by atoms with Crippen molar-refractivity contribution in [1.82, 2.24) is 10.3 Å². The van der Waals surface area contributed by atoms with Gasteiger partial charge in [-0.2, -0.15) is 8.78 Å². The number of nitrogens with zero attached hydrogens (tertiary/aromatic N) is 1. The molecule has 2 N–H and O–H groups in total. The lowest BCUT2D eigenvalue weighted by molar-refractivity contribution is -0.0521. The number of benzene rings is 2. The number of halogens is 3. The lowest BCUT2D eigenvalue weighted by Gasteiger charge is -2.10. The van der Waals surface area contributed by atoms with Gasteiger partial charge in [-0.1, -0.05) is 18.2 Å². The summed E-state index contributed by atoms with van der Waals surface area (Å²) < 4.78 is 47.6. The number of hydrogen-bond donors (Lipinski definition) is 2. The van der Waals surface area contributed by atoms with Crippen molar-refractivity contribution >= 4 is 11.7 Å². The fourth-order valence-electron chi connectivity index (χ4n) is 2.48. The summed E-state index contributed by atoms with van der Waals surface area (Å²) >= 11 is 0. The molecule has 0 unspecified atom stereocenters. The molecule has 0 fully saturated rings. The molecule has 9 heteroatoms. The Labute approximate surface area is 170 Å². The van der Waals surface area contributed by atoms with Gasteiger partial charge in [-0.25, -0.2) is 9.18 Å². The minimum atomic E-state index is -3.13. The van der Waals surface area contributed by atoms with E-state index < -0.39 is 24.2 Å². The molecule has 1 aromatic heterocycles. The van der Waals surface area contributed by atoms with E-state index in [1.807, 2.05) is 12.1 Å². The molecule has 0 radical (unpaired) electrons. The van der Waals surface area contributed by atoms with E-state index in [1.54, 1.807) is 36.7 Å². The number of carbonyl (C=O) groups is 1. The van der Waals surface area contributed by atoms with Gasteiger partial charge in [0.25, 0.3) is 0 Å². The van der Waals surface area contributed by atoms with Crippen molar-refractivity contribution in [3.05, 3.63) is 83.9 Å². The highest BCUT2D eigenvalue weighted by Crippen LogP contribution is 2.22. The van der Waals surface area contributed by atoms with Crippen LogP contribution in [0.5, 0.6) is 11.5 Å². The number of urea groups is 1. The van der Waals surface area contributed by atoms with Crippen molar-refractivity contribution in [2.24, 2.45) is 0 Å². The van der Waals surface area contributed by atoms with E-state index in [4.69, 9.17) is 4.74 Å². The molecule has 0 aliphatic carbocycles. The predicted molar refractivity (Wildman–Crippen MR) is 104 cm³/mol. The Kier molecular flexibility index (Phi) is 7.09. The van der Waals surface area contributed by atoms with Gasteiger partial charge in [0.2, 0.25) is 0 Å². The SMILES string of the molecule is O=C(NCc1ccc(OCc2cccnc2)cc1)Nc1ccc(OC(F)F)c(F)c1. The van der Waals surface area contributed by atoms with Crippen LogP contribution in [-0.4, -0.2) is 17.6 Å². The Morgan fingerprint density at radius 1 is 1.07 bits per heavy atom. The minimum Gasteiger partial charge on any atom is -0.489 e. The molecule has 30 heavy (non-hydrogen) atoms. The summed E-state index contributed by atoms with van der Waals surface area (Å²) in [6.45, 7) is -2.51. The summed E-state index contributed by atoms with van der Waals surface area (Å²) in [6, 6.07) is 13.5. The lowest BCUT2D eigenvalue weighted by atomic mass is 10.2. The van der Waals surface area contributed by atoms with Crippen LogP contribution in [0.25, 0.3) is 0 Å². The number of amides is 2. The van der Waals surface area contributed by atoms with E-state index in [0.29, 0.717) is 12.4 Å². The third-order valence-electron chi connectivity index (χ3n) is 3.91. The van der Waals surface area contributed by atoms with Crippen molar-refractivity contribution in [2.75, 3.05) is 5.32 Å². The summed E-state index contributed by atoms with van der Waals surface area (Å²) in [5, 5.41) is 5.04. The second kappa shape index (κ2) is 10.1. The zero-order chi connectivity index (χ0) is 21.3. The highest BCUT2D eigenvalue weighted by Gasteiger charge is 2.11. The van der Waals surface area contributed by atoms with Gasteiger partial charge in [-0.3, -0.25) is 4.98 Å². The molecule has 156 valence electrons. The van der Waals surface area contributed by atoms with Crippen LogP contribution in [0.1, 0.15) is 11.1 Å². The number of carbonyl (C=O) groups excluding carboxylic acids is 1. The van der Waals surface area contributed by atoms with Crippen LogP contribution < -0.4 is 20.1 Å². The molecule has 0 spiro atoms. The quantitative estimate of drug-likeness (QED) is 0.556. The molecule has 0 aliphatic heterocycles. The molecule has 0 saturated heterocycles. The number of pyridine rings is 1. The van der Waals surface area contributed by atoms with Gasteiger partial charge in [0.15, 0.2) is 11.6 Å². The highest BCUT2D eigenvalue weighted by atomic mass is 19.3. The first kappa shape index (κ1) is 21.0. The molecule has 0 aliphatic rings. The first-order valence-electron chi connectivity index (χ1n) is 8.89. The van der Waals surface area contributed by atoms with Crippen LogP contribution in [0.2, 0.25) is 0 Å². The van der Waals surface area contributed by atoms with Crippen molar-refractivity contribution in [1.29, 1.82) is 0 Å². The molecule has 2 aromatic carbocycles. The lowest BCUT2D eigenvalue weighted by Crippen LogP contribution is -2.28. The van der Waals surface area contributed by atoms with Crippen LogP contribution in [0.15, 0.2) is 67.0 Å². The monoisotopic (exact) mass is 417 g/mol. The van der Waals surface area contributed by atoms with E-state index >= 15 is 0 Å². The summed E-state index contributed by atoms with van der Waals surface area (Å²) in [5.41, 5.74) is 1.88. The largest absolute Gasteiger partial charge is 0.489 e. The third-order valence-corrected chi connectivity index (χ3v) is 3.91. The van der Waals surface area contributed by atoms with Gasteiger partial charge < -0.3 is 20.1 Å². The average molecular weight is 417 g/mol. The molecule has 0 bridgehead atoms. The molecule has 0 atom stereocenters. The summed E-state index contributed by atoms with van der Waals surface area (Å²) in [7, 11) is 0. The number of nitrogens with one attached hydrogen (secondary N) is 2. The van der Waals surface area contributed by atoms with Crippen molar-refractivity contribution in [3.63, 3.8) is 0 Å². The molecule has 0 saturated carbocycles. The summed E-state index contributed by atoms with van der Waals surface area (Å²) in [5.74, 6) is -0.926. The predicted octanol–water partition coefficient (Wildman–Crippen LogP) is 4.72. The third kappa shape index (κ3) is 6.40. The normalized spacial score (nSPS) is 10.5. The maximum absolute atomic E-state index is 13.7. The second-order valence-corrected chi connectivity index (χ2v) is 6.13. The van der Waals surface area contributed by atoms with E-state index in [-0.39, 0.29) is 12.2 Å². The van der Waals surface area contributed by atoms with Gasteiger partial charge in [0, 0.05) is 36.3 Å². The second-order valence-electron chi connectivity index (χ2n) is 6.13. The number of anilines is 1. The smallest absolute Gasteiger partial charge is 0.387 e. The van der Waals surface area contributed by atoms with Gasteiger partial charge in [0.05, 0.1) is 0 Å². The van der Waals surface area contributed by atoms with E-state index in [0.717, 1.165) is 23.3 Å². The van der Waals surface area contributed by atoms with Crippen molar-refractivity contribution in [2.45, 2.75) is 19.8 Å². The van der Waals surface area contributed by atoms with Crippen LogP contribution >= 0.6 is 0 Å². The molecule has 3 rings (SSSR count). The van der Waals surface area contributed by atoms with Crippen LogP contribution in [0, 0.1) is 5.82 Å². The number of ether oxygens (including phenoxy) is 2. The molecule has 6 nitrogen and oxygen atoms in total. The number of aromatic nitrogens is 1. The zero-order valence-corrected chi connectivity index (χ0v) is 15.6. The fraction of sp³-hybridized carbons (Fsp3) is 0.143. The zero-order valence-electron chi connectivity index (χ0n) is 15.6.